The third kappa shape index (κ3) is 5.20. The Kier molecular flexibility index (Phi) is 5.68. The highest BCUT2D eigenvalue weighted by Gasteiger charge is 2.23. The van der Waals surface area contributed by atoms with E-state index in [-0.39, 0.29) is 17.9 Å². The average molecular weight is 307 g/mol. The number of anilines is 1. The van der Waals surface area contributed by atoms with E-state index in [1.807, 2.05) is 0 Å². The van der Waals surface area contributed by atoms with Gasteiger partial charge in [-0.05, 0) is 46.8 Å². The molecule has 0 aliphatic rings. The van der Waals surface area contributed by atoms with Crippen LogP contribution in [0.3, 0.4) is 0 Å². The molecule has 22 heavy (non-hydrogen) atoms. The molecule has 6 nitrogen and oxygen atoms in total. The van der Waals surface area contributed by atoms with Gasteiger partial charge in [0.2, 0.25) is 0 Å². The van der Waals surface area contributed by atoms with Gasteiger partial charge in [0.25, 0.3) is 5.78 Å². The van der Waals surface area contributed by atoms with Crippen molar-refractivity contribution in [3.05, 3.63) is 29.3 Å². The highest BCUT2D eigenvalue weighted by Crippen LogP contribution is 2.20. The zero-order chi connectivity index (χ0) is 16.9. The Morgan fingerprint density at radius 3 is 2.36 bits per heavy atom. The first-order chi connectivity index (χ1) is 10.1. The van der Waals surface area contributed by atoms with E-state index in [9.17, 15) is 14.4 Å². The van der Waals surface area contributed by atoms with Crippen LogP contribution in [0, 0.1) is 6.92 Å². The number of ketones is 1. The van der Waals surface area contributed by atoms with Crippen LogP contribution >= 0.6 is 0 Å². The fraction of sp³-hybridized carbons (Fsp3) is 0.438. The first kappa shape index (κ1) is 17.7. The first-order valence-electron chi connectivity index (χ1n) is 6.96. The Morgan fingerprint density at radius 2 is 1.82 bits per heavy atom. The minimum absolute atomic E-state index is 0.0734. The molecular weight excluding hydrogens is 286 g/mol. The molecule has 0 saturated carbocycles. The van der Waals surface area contributed by atoms with E-state index in [4.69, 9.17) is 9.47 Å². The minimum Gasteiger partial charge on any atom is -0.460 e. The molecule has 0 aliphatic carbocycles. The standard InChI is InChI=1S/C16H21NO5/c1-6-21-14(19)13(18)11-9-10(2)7-8-12(11)17-15(20)22-16(3,4)5/h7-9H,6H2,1-5H3,(H,17,20). The van der Waals surface area contributed by atoms with Crippen LogP contribution in [-0.2, 0) is 14.3 Å². The van der Waals surface area contributed by atoms with Crippen molar-refractivity contribution in [2.24, 2.45) is 0 Å². The second-order valence-electron chi connectivity index (χ2n) is 5.73. The van der Waals surface area contributed by atoms with Gasteiger partial charge in [0.15, 0.2) is 0 Å². The Labute approximate surface area is 129 Å². The summed E-state index contributed by atoms with van der Waals surface area (Å²) in [6.07, 6.45) is -0.700. The largest absolute Gasteiger partial charge is 0.460 e. The second-order valence-corrected chi connectivity index (χ2v) is 5.73. The molecule has 1 aromatic rings. The van der Waals surface area contributed by atoms with Crippen molar-refractivity contribution >= 4 is 23.5 Å². The number of esters is 1. The number of ether oxygens (including phenoxy) is 2. The SMILES string of the molecule is CCOC(=O)C(=O)c1cc(C)ccc1NC(=O)OC(C)(C)C. The second kappa shape index (κ2) is 7.06. The van der Waals surface area contributed by atoms with Gasteiger partial charge in [-0.15, -0.1) is 0 Å². The van der Waals surface area contributed by atoms with E-state index >= 15 is 0 Å². The summed E-state index contributed by atoms with van der Waals surface area (Å²) in [6, 6.07) is 4.78. The van der Waals surface area contributed by atoms with Crippen LogP contribution < -0.4 is 5.32 Å². The van der Waals surface area contributed by atoms with Crippen LogP contribution in [0.1, 0.15) is 43.6 Å². The monoisotopic (exact) mass is 307 g/mol. The smallest absolute Gasteiger partial charge is 0.412 e. The van der Waals surface area contributed by atoms with Crippen LogP contribution in [0.15, 0.2) is 18.2 Å². The molecule has 1 amide bonds. The summed E-state index contributed by atoms with van der Waals surface area (Å²) in [7, 11) is 0. The van der Waals surface area contributed by atoms with Gasteiger partial charge in [-0.1, -0.05) is 11.6 Å². The van der Waals surface area contributed by atoms with Gasteiger partial charge in [0.05, 0.1) is 17.9 Å². The Bertz CT molecular complexity index is 587. The van der Waals surface area contributed by atoms with Crippen LogP contribution in [0.25, 0.3) is 0 Å². The minimum atomic E-state index is -0.958. The summed E-state index contributed by atoms with van der Waals surface area (Å²) in [5.74, 6) is -1.77. The topological polar surface area (TPSA) is 81.7 Å². The Hall–Kier alpha value is -2.37. The number of benzene rings is 1. The Balaban J connectivity index is 3.03. The molecule has 0 fully saturated rings. The number of Topliss-reactive ketones (excluding diaryl/α,β-unsaturated/α-hetero) is 1. The lowest BCUT2D eigenvalue weighted by Gasteiger charge is -2.20. The predicted molar refractivity (Wildman–Crippen MR) is 82.0 cm³/mol. The molecule has 0 saturated heterocycles. The molecule has 6 heteroatoms. The molecule has 0 aromatic heterocycles. The summed E-state index contributed by atoms with van der Waals surface area (Å²) in [5.41, 5.74) is 0.393. The molecule has 1 rings (SSSR count). The van der Waals surface area contributed by atoms with E-state index in [0.717, 1.165) is 5.56 Å². The number of nitrogens with one attached hydrogen (secondary N) is 1. The van der Waals surface area contributed by atoms with E-state index in [1.54, 1.807) is 46.8 Å². The fourth-order valence-electron chi connectivity index (χ4n) is 1.68. The summed E-state index contributed by atoms with van der Waals surface area (Å²) in [4.78, 5) is 35.5. The van der Waals surface area contributed by atoms with E-state index < -0.39 is 23.4 Å². The maximum absolute atomic E-state index is 12.1. The molecule has 120 valence electrons. The molecule has 0 atom stereocenters. The summed E-state index contributed by atoms with van der Waals surface area (Å²) >= 11 is 0. The highest BCUT2D eigenvalue weighted by atomic mass is 16.6. The molecule has 0 aliphatic heterocycles. The third-order valence-corrected chi connectivity index (χ3v) is 2.52. The number of carbonyl (C=O) groups is 3. The molecule has 1 aromatic carbocycles. The summed E-state index contributed by atoms with van der Waals surface area (Å²) in [5, 5.41) is 2.48. The van der Waals surface area contributed by atoms with Crippen molar-refractivity contribution in [2.75, 3.05) is 11.9 Å². The van der Waals surface area contributed by atoms with Crippen molar-refractivity contribution < 1.29 is 23.9 Å². The average Bonchev–Trinajstić information content (AvgIpc) is 2.38. The van der Waals surface area contributed by atoms with Crippen molar-refractivity contribution in [3.63, 3.8) is 0 Å². The normalized spacial score (nSPS) is 10.8. The molecule has 0 heterocycles. The lowest BCUT2D eigenvalue weighted by molar-refractivity contribution is -0.137. The lowest BCUT2D eigenvalue weighted by atomic mass is 10.1. The molecule has 0 spiro atoms. The predicted octanol–water partition coefficient (Wildman–Crippen LogP) is 3.09. The zero-order valence-electron chi connectivity index (χ0n) is 13.5. The van der Waals surface area contributed by atoms with E-state index in [2.05, 4.69) is 5.32 Å². The van der Waals surface area contributed by atoms with Crippen LogP contribution in [0.5, 0.6) is 0 Å². The molecular formula is C16H21NO5. The molecule has 0 unspecified atom stereocenters. The van der Waals surface area contributed by atoms with Crippen molar-refractivity contribution in [3.8, 4) is 0 Å². The van der Waals surface area contributed by atoms with E-state index in [1.165, 1.54) is 6.07 Å². The quantitative estimate of drug-likeness (QED) is 0.525. The fourth-order valence-corrected chi connectivity index (χ4v) is 1.68. The third-order valence-electron chi connectivity index (χ3n) is 2.52. The van der Waals surface area contributed by atoms with Crippen LogP contribution in [0.2, 0.25) is 0 Å². The van der Waals surface area contributed by atoms with Crippen LogP contribution in [0.4, 0.5) is 10.5 Å². The number of aryl methyl sites for hydroxylation is 1. The summed E-state index contributed by atoms with van der Waals surface area (Å²) in [6.45, 7) is 8.68. The number of amides is 1. The van der Waals surface area contributed by atoms with Gasteiger partial charge in [-0.25, -0.2) is 9.59 Å². The maximum atomic E-state index is 12.1. The van der Waals surface area contributed by atoms with E-state index in [0.29, 0.717) is 0 Å². The zero-order valence-corrected chi connectivity index (χ0v) is 13.5. The highest BCUT2D eigenvalue weighted by molar-refractivity contribution is 6.42. The molecule has 0 radical (unpaired) electrons. The van der Waals surface area contributed by atoms with Crippen molar-refractivity contribution in [1.82, 2.24) is 0 Å². The number of hydrogen-bond donors (Lipinski definition) is 1. The van der Waals surface area contributed by atoms with Crippen LogP contribution in [-0.4, -0.2) is 30.1 Å². The molecule has 0 bridgehead atoms. The van der Waals surface area contributed by atoms with Gasteiger partial charge in [-0.3, -0.25) is 10.1 Å². The van der Waals surface area contributed by atoms with Gasteiger partial charge >= 0.3 is 12.1 Å². The van der Waals surface area contributed by atoms with Crippen molar-refractivity contribution in [1.29, 1.82) is 0 Å². The van der Waals surface area contributed by atoms with Gasteiger partial charge in [-0.2, -0.15) is 0 Å². The van der Waals surface area contributed by atoms with Gasteiger partial charge in [0, 0.05) is 0 Å². The van der Waals surface area contributed by atoms with Gasteiger partial charge in [0.1, 0.15) is 5.60 Å². The van der Waals surface area contributed by atoms with Crippen molar-refractivity contribution in [2.45, 2.75) is 40.2 Å². The first-order valence-corrected chi connectivity index (χ1v) is 6.96. The number of carbonyl (C=O) groups excluding carboxylic acids is 3. The molecule has 1 N–H and O–H groups in total. The maximum Gasteiger partial charge on any atom is 0.412 e. The van der Waals surface area contributed by atoms with Gasteiger partial charge < -0.3 is 9.47 Å². The summed E-state index contributed by atoms with van der Waals surface area (Å²) < 4.78 is 9.84. The number of hydrogen-bond acceptors (Lipinski definition) is 5. The lowest BCUT2D eigenvalue weighted by Crippen LogP contribution is -2.28. The number of rotatable bonds is 4. The Morgan fingerprint density at radius 1 is 1.18 bits per heavy atom.